The number of nitrogen functional groups attached to an aromatic ring is 1. The summed E-state index contributed by atoms with van der Waals surface area (Å²) in [5, 5.41) is 3.42. The largest absolute Gasteiger partial charge is 0.376 e. The molecule has 1 aliphatic heterocycles. The average Bonchev–Trinajstić information content (AvgIpc) is 3.24. The quantitative estimate of drug-likeness (QED) is 0.377. The summed E-state index contributed by atoms with van der Waals surface area (Å²) in [7, 11) is 8.12. The van der Waals surface area contributed by atoms with E-state index in [1.807, 2.05) is 0 Å². The van der Waals surface area contributed by atoms with Crippen LogP contribution in [0.4, 0.5) is 11.9 Å². The zero-order valence-electron chi connectivity index (χ0n) is 19.3. The van der Waals surface area contributed by atoms with Crippen LogP contribution in [0.15, 0.2) is 10.9 Å². The minimum atomic E-state index is -0.623. The van der Waals surface area contributed by atoms with Gasteiger partial charge in [0.1, 0.15) is 18.3 Å². The van der Waals surface area contributed by atoms with Crippen LogP contribution in [0.5, 0.6) is 0 Å². The zero-order valence-corrected chi connectivity index (χ0v) is 19.3. The highest BCUT2D eigenvalue weighted by atomic mass is 16.7. The van der Waals surface area contributed by atoms with Gasteiger partial charge in [-0.1, -0.05) is 0 Å². The van der Waals surface area contributed by atoms with Gasteiger partial charge in [-0.05, 0) is 18.9 Å². The molecule has 1 saturated heterocycles. The number of aromatic nitrogens is 4. The van der Waals surface area contributed by atoms with Crippen molar-refractivity contribution in [1.82, 2.24) is 19.9 Å². The number of nitrogens with two attached hydrogens (primary N) is 1. The molecule has 4 rings (SSSR count). The fraction of sp³-hybridized carbons (Fsp3) is 0.571. The van der Waals surface area contributed by atoms with Crippen molar-refractivity contribution in [2.45, 2.75) is 43.5 Å². The Labute approximate surface area is 190 Å². The third-order valence-electron chi connectivity index (χ3n) is 6.12. The van der Waals surface area contributed by atoms with Crippen LogP contribution in [-0.4, -0.2) is 86.1 Å². The summed E-state index contributed by atoms with van der Waals surface area (Å²) in [6, 6.07) is 1.73. The third kappa shape index (κ3) is 4.15. The number of aryl methyl sites for hydroxylation is 1. The first-order chi connectivity index (χ1) is 15.9. The molecule has 2 aromatic heterocycles. The van der Waals surface area contributed by atoms with Crippen LogP contribution in [0.2, 0.25) is 0 Å². The molecule has 5 atom stereocenters. The van der Waals surface area contributed by atoms with Gasteiger partial charge in [0.2, 0.25) is 11.9 Å². The maximum absolute atomic E-state index is 12.6. The van der Waals surface area contributed by atoms with E-state index >= 15 is 0 Å². The van der Waals surface area contributed by atoms with E-state index in [1.165, 1.54) is 0 Å². The van der Waals surface area contributed by atoms with Crippen molar-refractivity contribution >= 4 is 33.8 Å². The minimum Gasteiger partial charge on any atom is -0.376 e. The molecule has 1 fully saturated rings. The van der Waals surface area contributed by atoms with Crippen LogP contribution in [0.1, 0.15) is 12.0 Å². The maximum Gasteiger partial charge on any atom is 0.260 e. The predicted octanol–water partition coefficient (Wildman–Crippen LogP) is 0.772. The molecule has 3 aromatic rings. The van der Waals surface area contributed by atoms with Crippen molar-refractivity contribution in [2.75, 3.05) is 46.5 Å². The Morgan fingerprint density at radius 2 is 1.76 bits per heavy atom. The Balaban J connectivity index is 1.74. The van der Waals surface area contributed by atoms with Gasteiger partial charge in [0.25, 0.3) is 5.56 Å². The van der Waals surface area contributed by atoms with Gasteiger partial charge < -0.3 is 39.7 Å². The highest BCUT2D eigenvalue weighted by molar-refractivity contribution is 5.98. The summed E-state index contributed by atoms with van der Waals surface area (Å²) >= 11 is 0. The molecule has 0 radical (unpaired) electrons. The van der Waals surface area contributed by atoms with Crippen LogP contribution in [0.25, 0.3) is 21.9 Å². The van der Waals surface area contributed by atoms with Gasteiger partial charge in [-0.25, -0.2) is 9.97 Å². The van der Waals surface area contributed by atoms with E-state index in [4.69, 9.17) is 29.4 Å². The van der Waals surface area contributed by atoms with Gasteiger partial charge in [0, 0.05) is 41.1 Å². The first-order valence-corrected chi connectivity index (χ1v) is 10.6. The van der Waals surface area contributed by atoms with Crippen molar-refractivity contribution in [3.05, 3.63) is 22.0 Å². The van der Waals surface area contributed by atoms with Crippen molar-refractivity contribution < 1.29 is 23.7 Å². The highest BCUT2D eigenvalue weighted by Crippen LogP contribution is 2.32. The second-order valence-corrected chi connectivity index (χ2v) is 7.85. The Kier molecular flexibility index (Phi) is 6.81. The Morgan fingerprint density at radius 3 is 2.39 bits per heavy atom. The minimum absolute atomic E-state index is 0.0444. The summed E-state index contributed by atoms with van der Waals surface area (Å²) in [6.07, 6.45) is -1.22. The Hall–Kier alpha value is -2.77. The molecule has 12 nitrogen and oxygen atoms in total. The van der Waals surface area contributed by atoms with E-state index < -0.39 is 24.6 Å². The molecular formula is C21H30N6O6. The van der Waals surface area contributed by atoms with E-state index in [2.05, 4.69) is 25.3 Å². The molecule has 0 spiro atoms. The Bertz CT molecular complexity index is 1180. The molecule has 0 bridgehead atoms. The normalized spacial score (nSPS) is 25.7. The van der Waals surface area contributed by atoms with Gasteiger partial charge >= 0.3 is 0 Å². The summed E-state index contributed by atoms with van der Waals surface area (Å²) < 4.78 is 28.7. The lowest BCUT2D eigenvalue weighted by molar-refractivity contribution is -0.303. The van der Waals surface area contributed by atoms with Crippen molar-refractivity contribution in [1.29, 1.82) is 0 Å². The third-order valence-corrected chi connectivity index (χ3v) is 6.12. The van der Waals surface area contributed by atoms with Crippen LogP contribution in [0.3, 0.4) is 0 Å². The van der Waals surface area contributed by atoms with E-state index in [0.29, 0.717) is 35.2 Å². The van der Waals surface area contributed by atoms with E-state index in [0.717, 1.165) is 11.1 Å². The lowest BCUT2D eigenvalue weighted by Gasteiger charge is -2.44. The molecule has 1 aliphatic rings. The number of nitrogens with zero attached hydrogens (tertiary/aromatic N) is 2. The van der Waals surface area contributed by atoms with E-state index in [-0.39, 0.29) is 17.6 Å². The molecule has 0 saturated carbocycles. The SMILES string of the molecule is CNc1nc2c(CC[C@H]3O[C@H](OC)[C@H](OC)[C@@H](OC)[C@@H]3OC)c3nc(N)[nH]c(=O)c3cc2[nH]1. The van der Waals surface area contributed by atoms with Gasteiger partial charge in [-0.3, -0.25) is 9.78 Å². The number of rotatable bonds is 8. The van der Waals surface area contributed by atoms with Crippen LogP contribution in [0, 0.1) is 0 Å². The number of anilines is 2. The molecule has 33 heavy (non-hydrogen) atoms. The number of ether oxygens (including phenoxy) is 5. The van der Waals surface area contributed by atoms with E-state index in [9.17, 15) is 4.79 Å². The smallest absolute Gasteiger partial charge is 0.260 e. The molecular weight excluding hydrogens is 432 g/mol. The molecule has 1 aromatic carbocycles. The van der Waals surface area contributed by atoms with Gasteiger partial charge in [0.15, 0.2) is 6.29 Å². The molecule has 180 valence electrons. The maximum atomic E-state index is 12.6. The number of fused-ring (bicyclic) bond motifs is 2. The summed E-state index contributed by atoms with van der Waals surface area (Å²) in [6.45, 7) is 0. The monoisotopic (exact) mass is 462 g/mol. The first-order valence-electron chi connectivity index (χ1n) is 10.6. The standard InChI is InChI=1S/C21H30N6O6/c1-23-21-24-11-8-10-13(25-20(22)27-18(10)28)9(14(11)26-21)6-7-12-15(29-2)16(30-3)17(31-4)19(32-5)33-12/h8,12,15-17,19H,6-7H2,1-5H3,(H2,23,24,26)(H3,22,25,27,28)/t12-,15-,16+,17-,19+/m1/s1. The molecule has 5 N–H and O–H groups in total. The number of hydrogen-bond acceptors (Lipinski definition) is 10. The number of aromatic amines is 2. The number of H-pyrrole nitrogens is 2. The van der Waals surface area contributed by atoms with E-state index in [1.54, 1.807) is 41.6 Å². The van der Waals surface area contributed by atoms with Gasteiger partial charge in [0.05, 0.1) is 28.0 Å². The number of imidazole rings is 1. The average molecular weight is 463 g/mol. The lowest BCUT2D eigenvalue weighted by atomic mass is 9.93. The van der Waals surface area contributed by atoms with Gasteiger partial charge in [-0.15, -0.1) is 0 Å². The topological polar surface area (TPSA) is 159 Å². The van der Waals surface area contributed by atoms with Crippen molar-refractivity contribution in [2.24, 2.45) is 0 Å². The summed E-state index contributed by atoms with van der Waals surface area (Å²) in [4.78, 5) is 27.4. The summed E-state index contributed by atoms with van der Waals surface area (Å²) in [5.41, 5.74) is 8.25. The van der Waals surface area contributed by atoms with Crippen LogP contribution in [-0.2, 0) is 30.1 Å². The first kappa shape index (κ1) is 23.4. The Morgan fingerprint density at radius 1 is 1.03 bits per heavy atom. The summed E-state index contributed by atoms with van der Waals surface area (Å²) in [5.74, 6) is 0.625. The predicted molar refractivity (Wildman–Crippen MR) is 122 cm³/mol. The lowest BCUT2D eigenvalue weighted by Crippen LogP contribution is -2.60. The fourth-order valence-corrected chi connectivity index (χ4v) is 4.59. The molecule has 0 amide bonds. The molecule has 12 heteroatoms. The molecule has 3 heterocycles. The molecule has 0 aliphatic carbocycles. The number of hydrogen-bond donors (Lipinski definition) is 4. The second kappa shape index (κ2) is 9.61. The van der Waals surface area contributed by atoms with Gasteiger partial charge in [-0.2, -0.15) is 0 Å². The number of methoxy groups -OCH3 is 4. The zero-order chi connectivity index (χ0) is 23.7. The van der Waals surface area contributed by atoms with Crippen molar-refractivity contribution in [3.8, 4) is 0 Å². The second-order valence-electron chi connectivity index (χ2n) is 7.85. The van der Waals surface area contributed by atoms with Crippen molar-refractivity contribution in [3.63, 3.8) is 0 Å². The molecule has 0 unspecified atom stereocenters. The highest BCUT2D eigenvalue weighted by Gasteiger charge is 2.47. The van der Waals surface area contributed by atoms with Crippen LogP contribution >= 0.6 is 0 Å². The number of benzene rings is 1. The number of nitrogens with one attached hydrogen (secondary N) is 3. The van der Waals surface area contributed by atoms with Crippen LogP contribution < -0.4 is 16.6 Å². The fourth-order valence-electron chi connectivity index (χ4n) is 4.59.